The number of benzene rings is 2. The van der Waals surface area contributed by atoms with E-state index in [1.165, 1.54) is 0 Å². The molecule has 31 heavy (non-hydrogen) atoms. The Balaban J connectivity index is 2.26. The first-order chi connectivity index (χ1) is 14.6. The molecule has 2 aromatic rings. The first-order valence-electron chi connectivity index (χ1n) is 10.4. The van der Waals surface area contributed by atoms with Gasteiger partial charge in [0.15, 0.2) is 6.61 Å². The maximum Gasteiger partial charge on any atom is 0.261 e. The van der Waals surface area contributed by atoms with Crippen LogP contribution in [0.15, 0.2) is 36.4 Å². The molecule has 0 fully saturated rings. The van der Waals surface area contributed by atoms with Crippen molar-refractivity contribution in [2.75, 3.05) is 6.61 Å². The number of hydrogen-bond acceptors (Lipinski definition) is 3. The van der Waals surface area contributed by atoms with Crippen molar-refractivity contribution < 1.29 is 14.3 Å². The molecule has 0 radical (unpaired) electrons. The summed E-state index contributed by atoms with van der Waals surface area (Å²) in [6.45, 7) is 9.64. The third-order valence-corrected chi connectivity index (χ3v) is 5.57. The monoisotopic (exact) mass is 464 g/mol. The molecule has 168 valence electrons. The second-order valence-corrected chi connectivity index (χ2v) is 8.73. The molecule has 0 aliphatic heterocycles. The Morgan fingerprint density at radius 2 is 1.77 bits per heavy atom. The van der Waals surface area contributed by atoms with Gasteiger partial charge in [-0.15, -0.1) is 0 Å². The highest BCUT2D eigenvalue weighted by molar-refractivity contribution is 6.42. The molecule has 0 aliphatic rings. The van der Waals surface area contributed by atoms with Gasteiger partial charge in [0.1, 0.15) is 11.8 Å². The fourth-order valence-corrected chi connectivity index (χ4v) is 3.64. The molecule has 0 saturated heterocycles. The van der Waals surface area contributed by atoms with E-state index in [-0.39, 0.29) is 31.0 Å². The number of nitrogens with zero attached hydrogens (tertiary/aromatic N) is 1. The summed E-state index contributed by atoms with van der Waals surface area (Å²) in [5.41, 5.74) is 2.85. The van der Waals surface area contributed by atoms with E-state index in [0.29, 0.717) is 22.2 Å². The number of rotatable bonds is 9. The number of nitrogens with one attached hydrogen (secondary N) is 1. The van der Waals surface area contributed by atoms with Crippen LogP contribution in [0.3, 0.4) is 0 Å². The van der Waals surface area contributed by atoms with Crippen LogP contribution in [0.4, 0.5) is 0 Å². The summed E-state index contributed by atoms with van der Waals surface area (Å²) < 4.78 is 5.80. The zero-order valence-corrected chi connectivity index (χ0v) is 20.2. The van der Waals surface area contributed by atoms with E-state index in [4.69, 9.17) is 27.9 Å². The van der Waals surface area contributed by atoms with Crippen molar-refractivity contribution in [2.24, 2.45) is 0 Å². The molecule has 0 bridgehead atoms. The zero-order valence-electron chi connectivity index (χ0n) is 18.7. The van der Waals surface area contributed by atoms with Gasteiger partial charge in [-0.25, -0.2) is 0 Å². The number of carbonyl (C=O) groups excluding carboxylic acids is 2. The lowest BCUT2D eigenvalue weighted by Crippen LogP contribution is -2.51. The second-order valence-electron chi connectivity index (χ2n) is 7.92. The lowest BCUT2D eigenvalue weighted by molar-refractivity contribution is -0.143. The number of ether oxygens (including phenoxy) is 1. The molecule has 2 aromatic carbocycles. The molecule has 0 spiro atoms. The lowest BCUT2D eigenvalue weighted by atomic mass is 10.1. The van der Waals surface area contributed by atoms with E-state index in [9.17, 15) is 9.59 Å². The number of amides is 2. The Kier molecular flexibility index (Phi) is 9.20. The van der Waals surface area contributed by atoms with Gasteiger partial charge >= 0.3 is 0 Å². The van der Waals surface area contributed by atoms with Gasteiger partial charge in [-0.1, -0.05) is 53.9 Å². The third kappa shape index (κ3) is 7.15. The Morgan fingerprint density at radius 1 is 1.06 bits per heavy atom. The molecule has 7 heteroatoms. The SMILES string of the molecule is CC[C@H](C(=O)NC(C)C)N(Cc1ccc(Cl)c(Cl)c1)C(=O)COc1ccc(C)cc1C. The molecule has 0 saturated carbocycles. The summed E-state index contributed by atoms with van der Waals surface area (Å²) >= 11 is 12.2. The zero-order chi connectivity index (χ0) is 23.1. The van der Waals surface area contributed by atoms with E-state index >= 15 is 0 Å². The molecule has 5 nitrogen and oxygen atoms in total. The highest BCUT2D eigenvalue weighted by Crippen LogP contribution is 2.24. The highest BCUT2D eigenvalue weighted by atomic mass is 35.5. The van der Waals surface area contributed by atoms with E-state index in [0.717, 1.165) is 16.7 Å². The van der Waals surface area contributed by atoms with E-state index in [1.54, 1.807) is 23.1 Å². The van der Waals surface area contributed by atoms with Crippen LogP contribution >= 0.6 is 23.2 Å². The van der Waals surface area contributed by atoms with E-state index in [2.05, 4.69) is 5.32 Å². The third-order valence-electron chi connectivity index (χ3n) is 4.84. The van der Waals surface area contributed by atoms with Crippen LogP contribution in [0, 0.1) is 13.8 Å². The molecule has 2 amide bonds. The minimum absolute atomic E-state index is 0.0325. The molecule has 0 unspecified atom stereocenters. The minimum atomic E-state index is -0.632. The van der Waals surface area contributed by atoms with Gasteiger partial charge in [0.25, 0.3) is 5.91 Å². The van der Waals surface area contributed by atoms with Crippen molar-refractivity contribution in [3.8, 4) is 5.75 Å². The van der Waals surface area contributed by atoms with Gasteiger partial charge in [0.05, 0.1) is 10.0 Å². The molecule has 0 heterocycles. The van der Waals surface area contributed by atoms with Crippen molar-refractivity contribution >= 4 is 35.0 Å². The molecular weight excluding hydrogens is 435 g/mol. The smallest absolute Gasteiger partial charge is 0.261 e. The summed E-state index contributed by atoms with van der Waals surface area (Å²) in [6, 6.07) is 10.3. The van der Waals surface area contributed by atoms with Crippen LogP contribution in [0.1, 0.15) is 43.9 Å². The van der Waals surface area contributed by atoms with Crippen molar-refractivity contribution in [1.29, 1.82) is 0 Å². The van der Waals surface area contributed by atoms with Crippen LogP contribution in [0.2, 0.25) is 10.0 Å². The van der Waals surface area contributed by atoms with Gasteiger partial charge in [0.2, 0.25) is 5.91 Å². The number of hydrogen-bond donors (Lipinski definition) is 1. The van der Waals surface area contributed by atoms with Crippen molar-refractivity contribution in [3.05, 3.63) is 63.1 Å². The average molecular weight is 465 g/mol. The maximum absolute atomic E-state index is 13.2. The fraction of sp³-hybridized carbons (Fsp3) is 0.417. The number of aryl methyl sites for hydroxylation is 2. The van der Waals surface area contributed by atoms with Crippen molar-refractivity contribution in [2.45, 2.75) is 59.7 Å². The Bertz CT molecular complexity index is 931. The summed E-state index contributed by atoms with van der Waals surface area (Å²) in [4.78, 5) is 27.6. The van der Waals surface area contributed by atoms with E-state index in [1.807, 2.05) is 52.8 Å². The van der Waals surface area contributed by atoms with Gasteiger partial charge in [-0.2, -0.15) is 0 Å². The predicted molar refractivity (Wildman–Crippen MR) is 126 cm³/mol. The van der Waals surface area contributed by atoms with Crippen LogP contribution in [-0.4, -0.2) is 35.4 Å². The van der Waals surface area contributed by atoms with Crippen LogP contribution in [-0.2, 0) is 16.1 Å². The second kappa shape index (κ2) is 11.4. The van der Waals surface area contributed by atoms with Crippen molar-refractivity contribution in [3.63, 3.8) is 0 Å². The lowest BCUT2D eigenvalue weighted by Gasteiger charge is -2.31. The summed E-state index contributed by atoms with van der Waals surface area (Å²) in [6.07, 6.45) is 0.467. The summed E-state index contributed by atoms with van der Waals surface area (Å²) in [5.74, 6) is 0.169. The average Bonchev–Trinajstić information content (AvgIpc) is 2.69. The Hall–Kier alpha value is -2.24. The Labute approximate surface area is 194 Å². The highest BCUT2D eigenvalue weighted by Gasteiger charge is 2.29. The quantitative estimate of drug-likeness (QED) is 0.545. The topological polar surface area (TPSA) is 58.6 Å². The normalized spacial score (nSPS) is 11.9. The maximum atomic E-state index is 13.2. The molecular formula is C24H30Cl2N2O3. The summed E-state index contributed by atoms with van der Waals surface area (Å²) in [5, 5.41) is 3.74. The van der Waals surface area contributed by atoms with Gasteiger partial charge in [-0.3, -0.25) is 9.59 Å². The van der Waals surface area contributed by atoms with Gasteiger partial charge in [-0.05, 0) is 63.4 Å². The number of halogens is 2. The first-order valence-corrected chi connectivity index (χ1v) is 11.1. The van der Waals surface area contributed by atoms with Gasteiger partial charge in [0, 0.05) is 12.6 Å². The summed E-state index contributed by atoms with van der Waals surface area (Å²) in [7, 11) is 0. The van der Waals surface area contributed by atoms with Crippen LogP contribution < -0.4 is 10.1 Å². The van der Waals surface area contributed by atoms with Crippen LogP contribution in [0.5, 0.6) is 5.75 Å². The molecule has 1 atom stereocenters. The van der Waals surface area contributed by atoms with Crippen molar-refractivity contribution in [1.82, 2.24) is 10.2 Å². The first kappa shape index (κ1) is 25.0. The number of carbonyl (C=O) groups is 2. The molecule has 0 aliphatic carbocycles. The standard InChI is InChI=1S/C24H30Cl2N2O3/c1-6-21(24(30)27-15(2)3)28(13-18-8-9-19(25)20(26)12-18)23(29)14-31-22-10-7-16(4)11-17(22)5/h7-12,15,21H,6,13-14H2,1-5H3,(H,27,30)/t21-/m1/s1. The largest absolute Gasteiger partial charge is 0.483 e. The molecule has 1 N–H and O–H groups in total. The van der Waals surface area contributed by atoms with E-state index < -0.39 is 6.04 Å². The van der Waals surface area contributed by atoms with Gasteiger partial charge < -0.3 is 15.0 Å². The van der Waals surface area contributed by atoms with Crippen LogP contribution in [0.25, 0.3) is 0 Å². The predicted octanol–water partition coefficient (Wildman–Crippen LogP) is 5.32. The molecule has 0 aromatic heterocycles. The molecule has 2 rings (SSSR count). The minimum Gasteiger partial charge on any atom is -0.483 e. The fourth-order valence-electron chi connectivity index (χ4n) is 3.32. The Morgan fingerprint density at radius 3 is 2.35 bits per heavy atom.